The Hall–Kier alpha value is -2.62. The van der Waals surface area contributed by atoms with Gasteiger partial charge in [0.15, 0.2) is 5.78 Å². The second-order valence-electron chi connectivity index (χ2n) is 6.44. The normalized spacial score (nSPS) is 19.6. The molecule has 1 aliphatic heterocycles. The lowest BCUT2D eigenvalue weighted by molar-refractivity contribution is -0.131. The molecular formula is C20H21NO3. The Morgan fingerprint density at radius 2 is 1.79 bits per heavy atom. The van der Waals surface area contributed by atoms with Gasteiger partial charge in [-0.1, -0.05) is 50.2 Å². The van der Waals surface area contributed by atoms with Crippen molar-refractivity contribution in [1.82, 2.24) is 0 Å². The number of hydrogen-bond acceptors (Lipinski definition) is 4. The van der Waals surface area contributed by atoms with Crippen LogP contribution in [0.5, 0.6) is 5.75 Å². The first kappa shape index (κ1) is 16.2. The van der Waals surface area contributed by atoms with Crippen molar-refractivity contribution in [2.75, 3.05) is 5.32 Å². The average molecular weight is 323 g/mol. The molecule has 2 aromatic carbocycles. The smallest absolute Gasteiger partial charge is 0.308 e. The molecule has 4 heteroatoms. The first-order chi connectivity index (χ1) is 11.5. The number of ether oxygens (including phenoxy) is 1. The molecule has 2 unspecified atom stereocenters. The molecule has 0 bridgehead atoms. The van der Waals surface area contributed by atoms with E-state index in [1.165, 1.54) is 6.92 Å². The molecule has 1 heterocycles. The SMILES string of the molecule is CC(=O)Oc1cccc2c1C(=O)C(C(C)C)C(c1ccccc1)N2. The van der Waals surface area contributed by atoms with E-state index in [1.807, 2.05) is 50.2 Å². The van der Waals surface area contributed by atoms with Crippen LogP contribution in [0.2, 0.25) is 0 Å². The molecule has 0 fully saturated rings. The Labute approximate surface area is 141 Å². The highest BCUT2D eigenvalue weighted by Gasteiger charge is 2.39. The second kappa shape index (κ2) is 6.48. The van der Waals surface area contributed by atoms with Crippen LogP contribution >= 0.6 is 0 Å². The summed E-state index contributed by atoms with van der Waals surface area (Å²) in [5, 5.41) is 3.48. The van der Waals surface area contributed by atoms with Gasteiger partial charge >= 0.3 is 5.97 Å². The maximum absolute atomic E-state index is 13.2. The topological polar surface area (TPSA) is 55.4 Å². The highest BCUT2D eigenvalue weighted by molar-refractivity contribution is 6.08. The summed E-state index contributed by atoms with van der Waals surface area (Å²) in [6.45, 7) is 5.42. The van der Waals surface area contributed by atoms with Gasteiger partial charge in [0, 0.05) is 18.5 Å². The number of ketones is 1. The van der Waals surface area contributed by atoms with E-state index in [2.05, 4.69) is 5.32 Å². The summed E-state index contributed by atoms with van der Waals surface area (Å²) in [7, 11) is 0. The standard InChI is InChI=1S/C20H21NO3/c1-12(2)17-19(14-8-5-4-6-9-14)21-15-10-7-11-16(24-13(3)22)18(15)20(17)23/h4-12,17,19,21H,1-3H3. The van der Waals surface area contributed by atoms with Crippen LogP contribution in [0.25, 0.3) is 0 Å². The summed E-state index contributed by atoms with van der Waals surface area (Å²) in [6, 6.07) is 15.2. The third-order valence-corrected chi connectivity index (χ3v) is 4.38. The molecule has 24 heavy (non-hydrogen) atoms. The fraction of sp³-hybridized carbons (Fsp3) is 0.300. The summed E-state index contributed by atoms with van der Waals surface area (Å²) in [5.74, 6) is -0.160. The lowest BCUT2D eigenvalue weighted by atomic mass is 9.76. The largest absolute Gasteiger partial charge is 0.426 e. The van der Waals surface area contributed by atoms with Crippen LogP contribution in [0.15, 0.2) is 48.5 Å². The zero-order valence-corrected chi connectivity index (χ0v) is 14.1. The van der Waals surface area contributed by atoms with Crippen molar-refractivity contribution < 1.29 is 14.3 Å². The molecule has 0 aliphatic carbocycles. The number of nitrogens with one attached hydrogen (secondary N) is 1. The lowest BCUT2D eigenvalue weighted by Crippen LogP contribution is -2.37. The first-order valence-corrected chi connectivity index (χ1v) is 8.16. The Balaban J connectivity index is 2.10. The summed E-state index contributed by atoms with van der Waals surface area (Å²) in [6.07, 6.45) is 0. The summed E-state index contributed by atoms with van der Waals surface area (Å²) in [4.78, 5) is 24.6. The lowest BCUT2D eigenvalue weighted by Gasteiger charge is -2.36. The highest BCUT2D eigenvalue weighted by atomic mass is 16.5. The van der Waals surface area contributed by atoms with Gasteiger partial charge in [-0.3, -0.25) is 9.59 Å². The van der Waals surface area contributed by atoms with Gasteiger partial charge in [0.1, 0.15) is 5.75 Å². The van der Waals surface area contributed by atoms with E-state index in [0.717, 1.165) is 5.56 Å². The van der Waals surface area contributed by atoms with Gasteiger partial charge in [-0.25, -0.2) is 0 Å². The van der Waals surface area contributed by atoms with Crippen molar-refractivity contribution in [3.8, 4) is 5.75 Å². The van der Waals surface area contributed by atoms with E-state index in [4.69, 9.17) is 4.74 Å². The molecule has 0 saturated heterocycles. The van der Waals surface area contributed by atoms with Crippen molar-refractivity contribution in [2.24, 2.45) is 11.8 Å². The summed E-state index contributed by atoms with van der Waals surface area (Å²) >= 11 is 0. The van der Waals surface area contributed by atoms with Crippen LogP contribution in [0.4, 0.5) is 5.69 Å². The summed E-state index contributed by atoms with van der Waals surface area (Å²) in [5.41, 5.74) is 2.26. The van der Waals surface area contributed by atoms with E-state index in [-0.39, 0.29) is 23.7 Å². The number of carbonyl (C=O) groups is 2. The Morgan fingerprint density at radius 1 is 1.08 bits per heavy atom. The first-order valence-electron chi connectivity index (χ1n) is 8.16. The van der Waals surface area contributed by atoms with Crippen molar-refractivity contribution in [3.63, 3.8) is 0 Å². The van der Waals surface area contributed by atoms with Crippen LogP contribution in [0, 0.1) is 11.8 Å². The molecule has 0 saturated carbocycles. The Morgan fingerprint density at radius 3 is 2.42 bits per heavy atom. The number of anilines is 1. The van der Waals surface area contributed by atoms with Crippen molar-refractivity contribution >= 4 is 17.4 Å². The third-order valence-electron chi connectivity index (χ3n) is 4.38. The minimum absolute atomic E-state index is 0.0180. The minimum atomic E-state index is -0.428. The molecule has 1 aliphatic rings. The molecule has 1 N–H and O–H groups in total. The van der Waals surface area contributed by atoms with Crippen LogP contribution in [0.3, 0.4) is 0 Å². The van der Waals surface area contributed by atoms with Gasteiger partial charge < -0.3 is 10.1 Å². The van der Waals surface area contributed by atoms with E-state index < -0.39 is 5.97 Å². The fourth-order valence-corrected chi connectivity index (χ4v) is 3.36. The molecule has 0 amide bonds. The Kier molecular flexibility index (Phi) is 4.38. The van der Waals surface area contributed by atoms with Crippen LogP contribution in [0.1, 0.15) is 42.7 Å². The predicted octanol–water partition coefficient (Wildman–Crippen LogP) is 4.23. The molecule has 3 rings (SSSR count). The number of esters is 1. The van der Waals surface area contributed by atoms with E-state index in [0.29, 0.717) is 17.0 Å². The number of rotatable bonds is 3. The van der Waals surface area contributed by atoms with Gasteiger partial charge in [0.2, 0.25) is 0 Å². The van der Waals surface area contributed by atoms with Gasteiger partial charge in [-0.05, 0) is 23.6 Å². The molecule has 2 aromatic rings. The molecule has 0 radical (unpaired) electrons. The number of fused-ring (bicyclic) bond motifs is 1. The van der Waals surface area contributed by atoms with E-state index >= 15 is 0 Å². The highest BCUT2D eigenvalue weighted by Crippen LogP contribution is 2.43. The molecule has 124 valence electrons. The minimum Gasteiger partial charge on any atom is -0.426 e. The fourth-order valence-electron chi connectivity index (χ4n) is 3.36. The number of Topliss-reactive ketones (excluding diaryl/α,β-unsaturated/α-hetero) is 1. The summed E-state index contributed by atoms with van der Waals surface area (Å²) < 4.78 is 5.25. The van der Waals surface area contributed by atoms with Crippen molar-refractivity contribution in [3.05, 3.63) is 59.7 Å². The predicted molar refractivity (Wildman–Crippen MR) is 93.2 cm³/mol. The maximum atomic E-state index is 13.2. The zero-order chi connectivity index (χ0) is 17.3. The van der Waals surface area contributed by atoms with Crippen LogP contribution in [-0.4, -0.2) is 11.8 Å². The van der Waals surface area contributed by atoms with E-state index in [1.54, 1.807) is 12.1 Å². The number of benzene rings is 2. The van der Waals surface area contributed by atoms with Gasteiger partial charge in [-0.2, -0.15) is 0 Å². The quantitative estimate of drug-likeness (QED) is 0.678. The third kappa shape index (κ3) is 2.92. The van der Waals surface area contributed by atoms with Crippen molar-refractivity contribution in [2.45, 2.75) is 26.8 Å². The monoisotopic (exact) mass is 323 g/mol. The number of hydrogen-bond donors (Lipinski definition) is 1. The van der Waals surface area contributed by atoms with Crippen molar-refractivity contribution in [1.29, 1.82) is 0 Å². The van der Waals surface area contributed by atoms with Gasteiger partial charge in [0.25, 0.3) is 0 Å². The van der Waals surface area contributed by atoms with Crippen LogP contribution in [-0.2, 0) is 4.79 Å². The molecule has 0 aromatic heterocycles. The Bertz CT molecular complexity index is 768. The second-order valence-corrected chi connectivity index (χ2v) is 6.44. The maximum Gasteiger partial charge on any atom is 0.308 e. The number of carbonyl (C=O) groups excluding carboxylic acids is 2. The van der Waals surface area contributed by atoms with Gasteiger partial charge in [0.05, 0.1) is 11.6 Å². The van der Waals surface area contributed by atoms with Gasteiger partial charge in [-0.15, -0.1) is 0 Å². The molecular weight excluding hydrogens is 302 g/mol. The molecule has 2 atom stereocenters. The molecule has 4 nitrogen and oxygen atoms in total. The zero-order valence-electron chi connectivity index (χ0n) is 14.1. The van der Waals surface area contributed by atoms with E-state index in [9.17, 15) is 9.59 Å². The van der Waals surface area contributed by atoms with Crippen LogP contribution < -0.4 is 10.1 Å². The molecule has 0 spiro atoms. The average Bonchev–Trinajstić information content (AvgIpc) is 2.54.